The third-order valence-electron chi connectivity index (χ3n) is 7.54. The molecular weight excluding hydrogens is 486 g/mol. The molecule has 216 valence electrons. The summed E-state index contributed by atoms with van der Waals surface area (Å²) >= 11 is 0. The molecule has 0 heterocycles. The molecule has 0 spiro atoms. The molecule has 0 unspecified atom stereocenters. The lowest BCUT2D eigenvalue weighted by Crippen LogP contribution is -2.46. The molecule has 5 heteroatoms. The minimum atomic E-state index is -1.01. The number of hydrogen-bond acceptors (Lipinski definition) is 3. The number of rotatable bonds is 22. The topological polar surface area (TPSA) is 77.8 Å². The minimum absolute atomic E-state index is 0.111. The van der Waals surface area contributed by atoms with Gasteiger partial charge in [-0.3, -0.25) is 4.79 Å². The maximum absolute atomic E-state index is 13.3. The minimum Gasteiger partial charge on any atom is -0.508 e. The van der Waals surface area contributed by atoms with Crippen LogP contribution in [0.15, 0.2) is 54.6 Å². The predicted octanol–water partition coefficient (Wildman–Crippen LogP) is 8.68. The molecule has 2 aromatic carbocycles. The second-order valence-corrected chi connectivity index (χ2v) is 10.9. The molecule has 39 heavy (non-hydrogen) atoms. The van der Waals surface area contributed by atoms with Crippen molar-refractivity contribution in [2.75, 3.05) is 0 Å². The van der Waals surface area contributed by atoms with Crippen LogP contribution >= 0.6 is 0 Å². The molecule has 5 nitrogen and oxygen atoms in total. The van der Waals surface area contributed by atoms with Crippen LogP contribution < -0.4 is 0 Å². The van der Waals surface area contributed by atoms with Crippen molar-refractivity contribution in [1.82, 2.24) is 4.90 Å². The number of benzene rings is 2. The quantitative estimate of drug-likeness (QED) is 0.147. The lowest BCUT2D eigenvalue weighted by Gasteiger charge is -2.29. The lowest BCUT2D eigenvalue weighted by atomic mass is 10.0. The van der Waals surface area contributed by atoms with Crippen LogP contribution in [0.1, 0.15) is 121 Å². The van der Waals surface area contributed by atoms with Crippen molar-refractivity contribution in [1.29, 1.82) is 0 Å². The van der Waals surface area contributed by atoms with Crippen LogP contribution in [0.3, 0.4) is 0 Å². The molecule has 0 radical (unpaired) electrons. The fraction of sp³-hybridized carbons (Fsp3) is 0.588. The van der Waals surface area contributed by atoms with Crippen molar-refractivity contribution in [2.45, 2.75) is 129 Å². The van der Waals surface area contributed by atoms with Gasteiger partial charge in [0.2, 0.25) is 5.91 Å². The summed E-state index contributed by atoms with van der Waals surface area (Å²) in [5.41, 5.74) is 1.69. The Balaban J connectivity index is 1.72. The first kappa shape index (κ1) is 32.4. The number of carboxylic acid groups (broad SMARTS) is 1. The van der Waals surface area contributed by atoms with Gasteiger partial charge >= 0.3 is 5.97 Å². The second kappa shape index (κ2) is 20.1. The summed E-state index contributed by atoms with van der Waals surface area (Å²) in [5.74, 6) is -0.986. The summed E-state index contributed by atoms with van der Waals surface area (Å²) in [6.45, 7) is 2.53. The number of phenols is 1. The van der Waals surface area contributed by atoms with E-state index in [9.17, 15) is 19.8 Å². The maximum Gasteiger partial charge on any atom is 0.326 e. The Bertz CT molecular complexity index is 913. The summed E-state index contributed by atoms with van der Waals surface area (Å²) in [6.07, 6.45) is 19.6. The van der Waals surface area contributed by atoms with E-state index in [1.54, 1.807) is 24.3 Å². The lowest BCUT2D eigenvalue weighted by molar-refractivity contribution is -0.150. The van der Waals surface area contributed by atoms with Crippen LogP contribution in [0, 0.1) is 0 Å². The average molecular weight is 538 g/mol. The summed E-state index contributed by atoms with van der Waals surface area (Å²) in [5, 5.41) is 19.6. The first-order valence-corrected chi connectivity index (χ1v) is 15.4. The van der Waals surface area contributed by atoms with E-state index >= 15 is 0 Å². The van der Waals surface area contributed by atoms with Crippen molar-refractivity contribution in [3.8, 4) is 5.75 Å². The number of nitrogens with zero attached hydrogens (tertiary/aromatic N) is 1. The highest BCUT2D eigenvalue weighted by Crippen LogP contribution is 2.19. The van der Waals surface area contributed by atoms with E-state index in [-0.39, 0.29) is 24.6 Å². The normalized spacial score (nSPS) is 11.8. The van der Waals surface area contributed by atoms with E-state index < -0.39 is 12.0 Å². The van der Waals surface area contributed by atoms with Crippen LogP contribution in [-0.2, 0) is 22.6 Å². The molecule has 1 atom stereocenters. The number of aromatic hydroxyl groups is 1. The van der Waals surface area contributed by atoms with Gasteiger partial charge < -0.3 is 15.1 Å². The van der Waals surface area contributed by atoms with Crippen LogP contribution in [0.2, 0.25) is 0 Å². The fourth-order valence-corrected chi connectivity index (χ4v) is 5.13. The van der Waals surface area contributed by atoms with Gasteiger partial charge in [-0.2, -0.15) is 0 Å². The van der Waals surface area contributed by atoms with Crippen LogP contribution in [0.5, 0.6) is 5.75 Å². The van der Waals surface area contributed by atoms with Gasteiger partial charge in [-0.15, -0.1) is 0 Å². The van der Waals surface area contributed by atoms with Gasteiger partial charge in [0.15, 0.2) is 0 Å². The second-order valence-electron chi connectivity index (χ2n) is 10.9. The van der Waals surface area contributed by atoms with Gasteiger partial charge in [0.1, 0.15) is 11.8 Å². The van der Waals surface area contributed by atoms with Gasteiger partial charge in [0, 0.05) is 19.4 Å². The van der Waals surface area contributed by atoms with Crippen LogP contribution in [0.4, 0.5) is 0 Å². The highest BCUT2D eigenvalue weighted by molar-refractivity contribution is 5.84. The Morgan fingerprint density at radius 2 is 1.15 bits per heavy atom. The van der Waals surface area contributed by atoms with Crippen LogP contribution in [-0.4, -0.2) is 33.0 Å². The first-order chi connectivity index (χ1) is 19.0. The zero-order chi connectivity index (χ0) is 28.1. The Hall–Kier alpha value is -2.82. The number of carbonyl (C=O) groups excluding carboxylic acids is 1. The van der Waals surface area contributed by atoms with Crippen molar-refractivity contribution in [2.24, 2.45) is 0 Å². The van der Waals surface area contributed by atoms with E-state index in [0.29, 0.717) is 6.42 Å². The molecule has 0 saturated heterocycles. The number of amides is 1. The van der Waals surface area contributed by atoms with Gasteiger partial charge in [-0.1, -0.05) is 139 Å². The molecular formula is C34H51NO4. The highest BCUT2D eigenvalue weighted by atomic mass is 16.4. The van der Waals surface area contributed by atoms with Gasteiger partial charge in [0.25, 0.3) is 0 Å². The molecule has 2 N–H and O–H groups in total. The summed E-state index contributed by atoms with van der Waals surface area (Å²) in [6, 6.07) is 15.1. The molecule has 1 amide bonds. The smallest absolute Gasteiger partial charge is 0.326 e. The van der Waals surface area contributed by atoms with Crippen molar-refractivity contribution in [3.05, 3.63) is 65.7 Å². The fourth-order valence-electron chi connectivity index (χ4n) is 5.13. The third kappa shape index (κ3) is 14.2. The van der Waals surface area contributed by atoms with E-state index in [2.05, 4.69) is 6.92 Å². The van der Waals surface area contributed by atoms with E-state index in [1.165, 1.54) is 81.9 Å². The zero-order valence-corrected chi connectivity index (χ0v) is 24.2. The van der Waals surface area contributed by atoms with E-state index in [4.69, 9.17) is 0 Å². The Morgan fingerprint density at radius 1 is 0.667 bits per heavy atom. The molecule has 0 fully saturated rings. The number of phenolic OH excluding ortho intramolecular Hbond substituents is 1. The zero-order valence-electron chi connectivity index (χ0n) is 24.2. The van der Waals surface area contributed by atoms with Crippen molar-refractivity contribution < 1.29 is 19.8 Å². The largest absolute Gasteiger partial charge is 0.508 e. The number of carboxylic acids is 1. The summed E-state index contributed by atoms with van der Waals surface area (Å²) in [7, 11) is 0. The third-order valence-corrected chi connectivity index (χ3v) is 7.54. The Morgan fingerprint density at radius 3 is 1.64 bits per heavy atom. The van der Waals surface area contributed by atoms with Gasteiger partial charge in [-0.25, -0.2) is 4.79 Å². The molecule has 2 rings (SSSR count). The van der Waals surface area contributed by atoms with E-state index in [0.717, 1.165) is 30.4 Å². The van der Waals surface area contributed by atoms with Crippen LogP contribution in [0.25, 0.3) is 0 Å². The Labute approximate surface area is 236 Å². The number of unbranched alkanes of at least 4 members (excludes halogenated alkanes) is 14. The predicted molar refractivity (Wildman–Crippen MR) is 160 cm³/mol. The molecule has 0 aliphatic rings. The van der Waals surface area contributed by atoms with Gasteiger partial charge in [0.05, 0.1) is 0 Å². The maximum atomic E-state index is 13.3. The Kier molecular flexibility index (Phi) is 16.7. The number of carbonyl (C=O) groups is 2. The standard InChI is InChI=1S/C34H51NO4/c1-2-3-4-5-6-7-8-9-10-11-12-13-14-15-19-22-33(37)35(28-30-20-17-16-18-21-30)32(34(38)39)27-29-23-25-31(36)26-24-29/h16-18,20-21,23-26,32,36H,2-15,19,22,27-28H2,1H3,(H,38,39)/t32-/m0/s1. The number of aliphatic carboxylic acids is 1. The molecule has 0 aliphatic heterocycles. The molecule has 0 aliphatic carbocycles. The van der Waals surface area contributed by atoms with Crippen molar-refractivity contribution in [3.63, 3.8) is 0 Å². The molecule has 0 saturated carbocycles. The average Bonchev–Trinajstić information content (AvgIpc) is 2.94. The SMILES string of the molecule is CCCCCCCCCCCCCCCCCC(=O)N(Cc1ccccc1)[C@@H](Cc1ccc(O)cc1)C(=O)O. The number of hydrogen-bond donors (Lipinski definition) is 2. The van der Waals surface area contributed by atoms with Gasteiger partial charge in [-0.05, 0) is 29.7 Å². The molecule has 0 aromatic heterocycles. The van der Waals surface area contributed by atoms with E-state index in [1.807, 2.05) is 30.3 Å². The monoisotopic (exact) mass is 537 g/mol. The first-order valence-electron chi connectivity index (χ1n) is 15.4. The van der Waals surface area contributed by atoms with Crippen molar-refractivity contribution >= 4 is 11.9 Å². The highest BCUT2D eigenvalue weighted by Gasteiger charge is 2.29. The molecule has 2 aromatic rings. The summed E-state index contributed by atoms with van der Waals surface area (Å²) < 4.78 is 0. The molecule has 0 bridgehead atoms. The summed E-state index contributed by atoms with van der Waals surface area (Å²) in [4.78, 5) is 27.1.